The third-order valence-corrected chi connectivity index (χ3v) is 4.63. The van der Waals surface area contributed by atoms with Gasteiger partial charge in [-0.1, -0.05) is 0 Å². The Morgan fingerprint density at radius 3 is 2.86 bits per heavy atom. The van der Waals surface area contributed by atoms with Crippen molar-refractivity contribution in [3.05, 3.63) is 39.4 Å². The van der Waals surface area contributed by atoms with Gasteiger partial charge < -0.3 is 15.0 Å². The molecule has 5 heteroatoms. The van der Waals surface area contributed by atoms with E-state index in [1.807, 2.05) is 17.7 Å². The second-order valence-corrected chi connectivity index (χ2v) is 6.32. The molecule has 0 bridgehead atoms. The Hall–Kier alpha value is -1.88. The Kier molecular flexibility index (Phi) is 2.35. The fourth-order valence-corrected chi connectivity index (χ4v) is 3.21. The summed E-state index contributed by atoms with van der Waals surface area (Å²) in [6.45, 7) is 4.23. The molecular weight excluding hydrogens is 271 g/mol. The molecule has 21 heavy (non-hydrogen) atoms. The summed E-state index contributed by atoms with van der Waals surface area (Å²) in [5.41, 5.74) is 7.14. The van der Waals surface area contributed by atoms with Crippen molar-refractivity contribution in [1.82, 2.24) is 4.57 Å². The zero-order valence-electron chi connectivity index (χ0n) is 12.1. The molecule has 2 aliphatic rings. The van der Waals surface area contributed by atoms with Crippen molar-refractivity contribution < 1.29 is 9.13 Å². The van der Waals surface area contributed by atoms with Gasteiger partial charge in [-0.25, -0.2) is 4.39 Å². The van der Waals surface area contributed by atoms with Crippen LogP contribution >= 0.6 is 0 Å². The molecular formula is C16H17FN2O2. The number of pyridine rings is 1. The molecule has 1 aliphatic heterocycles. The van der Waals surface area contributed by atoms with E-state index in [4.69, 9.17) is 10.5 Å². The van der Waals surface area contributed by atoms with Crippen LogP contribution < -0.4 is 15.9 Å². The van der Waals surface area contributed by atoms with Gasteiger partial charge in [-0.2, -0.15) is 0 Å². The van der Waals surface area contributed by atoms with Crippen molar-refractivity contribution in [1.29, 1.82) is 0 Å². The molecule has 2 aromatic rings. The molecule has 4 rings (SSSR count). The smallest absolute Gasteiger partial charge is 0.192 e. The highest BCUT2D eigenvalue weighted by Crippen LogP contribution is 2.50. The van der Waals surface area contributed by atoms with Gasteiger partial charge >= 0.3 is 0 Å². The van der Waals surface area contributed by atoms with E-state index in [1.54, 1.807) is 6.92 Å². The Balaban J connectivity index is 2.20. The van der Waals surface area contributed by atoms with Crippen LogP contribution in [0, 0.1) is 12.7 Å². The summed E-state index contributed by atoms with van der Waals surface area (Å²) in [5, 5.41) is 0.377. The summed E-state index contributed by atoms with van der Waals surface area (Å²) in [7, 11) is 0. The highest BCUT2D eigenvalue weighted by atomic mass is 19.1. The van der Waals surface area contributed by atoms with Crippen molar-refractivity contribution >= 4 is 10.9 Å². The first-order chi connectivity index (χ1) is 9.92. The molecule has 0 saturated heterocycles. The van der Waals surface area contributed by atoms with E-state index < -0.39 is 11.4 Å². The normalized spacial score (nSPS) is 22.2. The van der Waals surface area contributed by atoms with E-state index in [0.717, 1.165) is 12.8 Å². The molecule has 0 amide bonds. The maximum atomic E-state index is 14.6. The van der Waals surface area contributed by atoms with Gasteiger partial charge in [0.15, 0.2) is 11.2 Å². The third-order valence-electron chi connectivity index (χ3n) is 4.63. The van der Waals surface area contributed by atoms with Gasteiger partial charge in [-0.05, 0) is 32.8 Å². The minimum absolute atomic E-state index is 0.102. The molecule has 0 spiro atoms. The van der Waals surface area contributed by atoms with Gasteiger partial charge in [-0.3, -0.25) is 4.79 Å². The Morgan fingerprint density at radius 2 is 2.19 bits per heavy atom. The molecule has 1 fully saturated rings. The number of aryl methyl sites for hydroxylation is 1. The minimum atomic E-state index is -0.639. The van der Waals surface area contributed by atoms with Crippen LogP contribution in [0.25, 0.3) is 10.9 Å². The molecule has 4 nitrogen and oxygen atoms in total. The summed E-state index contributed by atoms with van der Waals surface area (Å²) >= 11 is 0. The number of benzene rings is 1. The van der Waals surface area contributed by atoms with E-state index in [1.165, 1.54) is 6.07 Å². The van der Waals surface area contributed by atoms with Crippen molar-refractivity contribution in [3.8, 4) is 5.75 Å². The molecule has 1 atom stereocenters. The molecule has 110 valence electrons. The topological polar surface area (TPSA) is 57.2 Å². The number of halogens is 1. The van der Waals surface area contributed by atoms with Crippen LogP contribution in [-0.4, -0.2) is 11.2 Å². The predicted molar refractivity (Wildman–Crippen MR) is 78.2 cm³/mol. The fourth-order valence-electron chi connectivity index (χ4n) is 3.21. The van der Waals surface area contributed by atoms with Crippen LogP contribution in [0.4, 0.5) is 4.39 Å². The van der Waals surface area contributed by atoms with Crippen LogP contribution in [0.2, 0.25) is 0 Å². The molecule has 1 saturated carbocycles. The molecule has 2 heterocycles. The first kappa shape index (κ1) is 12.8. The molecule has 1 aromatic heterocycles. The highest BCUT2D eigenvalue weighted by Gasteiger charge is 2.46. The van der Waals surface area contributed by atoms with E-state index in [-0.39, 0.29) is 11.5 Å². The van der Waals surface area contributed by atoms with Crippen LogP contribution in [0.5, 0.6) is 5.75 Å². The van der Waals surface area contributed by atoms with Crippen LogP contribution in [0.1, 0.15) is 36.9 Å². The van der Waals surface area contributed by atoms with E-state index in [9.17, 15) is 9.18 Å². The lowest BCUT2D eigenvalue weighted by Gasteiger charge is -2.30. The second-order valence-electron chi connectivity index (χ2n) is 6.32. The van der Waals surface area contributed by atoms with Gasteiger partial charge in [0.1, 0.15) is 12.4 Å². The Bertz CT molecular complexity index is 837. The van der Waals surface area contributed by atoms with Gasteiger partial charge in [-0.15, -0.1) is 0 Å². The summed E-state index contributed by atoms with van der Waals surface area (Å²) < 4.78 is 22.4. The number of hydrogen-bond donors (Lipinski definition) is 1. The van der Waals surface area contributed by atoms with Crippen molar-refractivity contribution in [2.45, 2.75) is 38.3 Å². The van der Waals surface area contributed by atoms with Crippen molar-refractivity contribution in [2.24, 2.45) is 5.73 Å². The number of aromatic nitrogens is 1. The maximum Gasteiger partial charge on any atom is 0.192 e. The van der Waals surface area contributed by atoms with Crippen LogP contribution in [-0.2, 0) is 5.54 Å². The molecule has 1 aromatic carbocycles. The van der Waals surface area contributed by atoms with Crippen molar-refractivity contribution in [2.75, 3.05) is 6.61 Å². The molecule has 1 unspecified atom stereocenters. The summed E-state index contributed by atoms with van der Waals surface area (Å²) in [4.78, 5) is 12.3. The number of nitrogens with zero attached hydrogens (tertiary/aromatic N) is 1. The Morgan fingerprint density at radius 1 is 1.48 bits per heavy atom. The number of ether oxygens (including phenoxy) is 1. The van der Waals surface area contributed by atoms with Gasteiger partial charge in [0.05, 0.1) is 22.5 Å². The van der Waals surface area contributed by atoms with Crippen LogP contribution in [0.3, 0.4) is 0 Å². The highest BCUT2D eigenvalue weighted by molar-refractivity contribution is 5.88. The third kappa shape index (κ3) is 1.61. The number of rotatable bonds is 1. The van der Waals surface area contributed by atoms with E-state index in [0.29, 0.717) is 34.4 Å². The SMILES string of the molecule is Cc1cn2c3c(c(C4(N)CC4)c(F)cc3c1=O)OCC2C. The standard InChI is InChI=1S/C16H17FN2O2/c1-8-6-19-9(2)7-21-15-12(16(18)3-4-16)11(17)5-10(13(15)19)14(8)20/h5-6,9H,3-4,7,18H2,1-2H3. The van der Waals surface area contributed by atoms with Gasteiger partial charge in [0.2, 0.25) is 0 Å². The zero-order chi connectivity index (χ0) is 14.9. The lowest BCUT2D eigenvalue weighted by molar-refractivity contribution is 0.241. The number of nitrogens with two attached hydrogens (primary N) is 1. The zero-order valence-corrected chi connectivity index (χ0v) is 12.1. The molecule has 2 N–H and O–H groups in total. The molecule has 0 radical (unpaired) electrons. The average molecular weight is 288 g/mol. The first-order valence-corrected chi connectivity index (χ1v) is 7.22. The largest absolute Gasteiger partial charge is 0.489 e. The second kappa shape index (κ2) is 3.85. The minimum Gasteiger partial charge on any atom is -0.489 e. The van der Waals surface area contributed by atoms with Gasteiger partial charge in [0, 0.05) is 17.3 Å². The van der Waals surface area contributed by atoms with Gasteiger partial charge in [0.25, 0.3) is 0 Å². The average Bonchev–Trinajstić information content (AvgIpc) is 3.17. The Labute approximate surface area is 121 Å². The summed E-state index contributed by atoms with van der Waals surface area (Å²) in [5.74, 6) is 0.0292. The quantitative estimate of drug-likeness (QED) is 0.876. The lowest BCUT2D eigenvalue weighted by atomic mass is 9.98. The van der Waals surface area contributed by atoms with Crippen LogP contribution in [0.15, 0.2) is 17.1 Å². The summed E-state index contributed by atoms with van der Waals surface area (Å²) in [6, 6.07) is 1.43. The summed E-state index contributed by atoms with van der Waals surface area (Å²) in [6.07, 6.45) is 3.33. The van der Waals surface area contributed by atoms with Crippen molar-refractivity contribution in [3.63, 3.8) is 0 Å². The molecule has 1 aliphatic carbocycles. The monoisotopic (exact) mass is 288 g/mol. The fraction of sp³-hybridized carbons (Fsp3) is 0.438. The lowest BCUT2D eigenvalue weighted by Crippen LogP contribution is -2.29. The predicted octanol–water partition coefficient (Wildman–Crippen LogP) is 2.35. The first-order valence-electron chi connectivity index (χ1n) is 7.22. The number of hydrogen-bond acceptors (Lipinski definition) is 3. The van der Waals surface area contributed by atoms with E-state index >= 15 is 0 Å². The maximum absolute atomic E-state index is 14.6. The van der Waals surface area contributed by atoms with E-state index in [2.05, 4.69) is 0 Å².